The van der Waals surface area contributed by atoms with Crippen LogP contribution in [0.15, 0.2) is 18.2 Å². The minimum absolute atomic E-state index is 0.208. The van der Waals surface area contributed by atoms with Gasteiger partial charge in [-0.2, -0.15) is 0 Å². The van der Waals surface area contributed by atoms with E-state index in [2.05, 4.69) is 10.1 Å². The van der Waals surface area contributed by atoms with Crippen molar-refractivity contribution in [2.24, 2.45) is 0 Å². The number of aliphatic hydroxyl groups excluding tert-OH is 2. The molecule has 0 spiro atoms. The number of nitrogens with one attached hydrogen (secondary N) is 1. The number of carbonyl (C=O) groups is 2. The van der Waals surface area contributed by atoms with Crippen LogP contribution in [0.1, 0.15) is 55.3 Å². The number of methoxy groups -OCH3 is 2. The van der Waals surface area contributed by atoms with Gasteiger partial charge < -0.3 is 39.6 Å². The number of aliphatic hydroxyl groups is 2. The molecule has 4 N–H and O–H groups in total. The maximum absolute atomic E-state index is 13.6. The van der Waals surface area contributed by atoms with E-state index in [0.717, 1.165) is 50.3 Å². The predicted octanol–water partition coefficient (Wildman–Crippen LogP) is 1.64. The number of amides is 1. The number of unbranched alkanes of at least 4 members (excludes halogenated alkanes) is 5. The van der Waals surface area contributed by atoms with Gasteiger partial charge in [0.1, 0.15) is 35.9 Å². The molecule has 1 aliphatic rings. The summed E-state index contributed by atoms with van der Waals surface area (Å²) < 4.78 is 35.1. The molecule has 1 aliphatic heterocycles. The van der Waals surface area contributed by atoms with Gasteiger partial charge in [0.25, 0.3) is 5.91 Å². The number of carbonyl (C=O) groups excluding carboxylic acids is 2. The second-order valence-corrected chi connectivity index (χ2v) is 8.40. The fraction of sp³-hybridized carbons (Fsp3) is 0.667. The Balaban J connectivity index is 1.92. The normalized spacial score (nSPS) is 24.2. The Bertz CT molecular complexity index is 809. The van der Waals surface area contributed by atoms with E-state index >= 15 is 0 Å². The Morgan fingerprint density at radius 1 is 1.11 bits per heavy atom. The second kappa shape index (κ2) is 14.9. The molecule has 0 bridgehead atoms. The van der Waals surface area contributed by atoms with E-state index in [0.29, 0.717) is 12.8 Å². The number of halogens is 1. The van der Waals surface area contributed by atoms with Gasteiger partial charge in [0, 0.05) is 20.1 Å². The van der Waals surface area contributed by atoms with Crippen LogP contribution in [-0.4, -0.2) is 85.3 Å². The van der Waals surface area contributed by atoms with Crippen LogP contribution in [0.25, 0.3) is 0 Å². The smallest absolute Gasteiger partial charge is 0.305 e. The fourth-order valence-corrected chi connectivity index (χ4v) is 3.95. The van der Waals surface area contributed by atoms with Crippen molar-refractivity contribution < 1.29 is 48.2 Å². The molecular weight excluding hydrogens is 465 g/mol. The van der Waals surface area contributed by atoms with Crippen LogP contribution in [0.4, 0.5) is 4.39 Å². The summed E-state index contributed by atoms with van der Waals surface area (Å²) in [5, 5.41) is 32.6. The highest BCUT2D eigenvalue weighted by atomic mass is 19.1. The monoisotopic (exact) mass is 501 g/mol. The van der Waals surface area contributed by atoms with Gasteiger partial charge in [-0.05, 0) is 31.0 Å². The first kappa shape index (κ1) is 28.9. The van der Waals surface area contributed by atoms with Gasteiger partial charge in [-0.1, -0.05) is 25.7 Å². The number of benzene rings is 1. The molecule has 0 saturated carbocycles. The lowest BCUT2D eigenvalue weighted by atomic mass is 9.96. The number of esters is 1. The third-order valence-corrected chi connectivity index (χ3v) is 5.91. The van der Waals surface area contributed by atoms with Gasteiger partial charge in [0.2, 0.25) is 0 Å². The minimum Gasteiger partial charge on any atom is -0.507 e. The SMILES string of the molecule is COC(=O)CCCCCCCCO[C@@H]1OC(CO)[C@H](O)C(OC)C1NC(=O)c1cc(F)ccc1O. The summed E-state index contributed by atoms with van der Waals surface area (Å²) in [6, 6.07) is 1.99. The first-order valence-electron chi connectivity index (χ1n) is 11.8. The first-order chi connectivity index (χ1) is 16.8. The van der Waals surface area contributed by atoms with Gasteiger partial charge in [0.15, 0.2) is 6.29 Å². The summed E-state index contributed by atoms with van der Waals surface area (Å²) in [4.78, 5) is 23.9. The second-order valence-electron chi connectivity index (χ2n) is 8.40. The van der Waals surface area contributed by atoms with E-state index in [4.69, 9.17) is 14.2 Å². The molecule has 0 aromatic heterocycles. The molecule has 2 rings (SSSR count). The van der Waals surface area contributed by atoms with Crippen molar-refractivity contribution >= 4 is 11.9 Å². The molecule has 5 atom stereocenters. The van der Waals surface area contributed by atoms with E-state index in [1.165, 1.54) is 14.2 Å². The Hall–Kier alpha value is -2.31. The molecule has 1 fully saturated rings. The zero-order valence-electron chi connectivity index (χ0n) is 20.2. The van der Waals surface area contributed by atoms with Crippen molar-refractivity contribution in [3.63, 3.8) is 0 Å². The van der Waals surface area contributed by atoms with Gasteiger partial charge >= 0.3 is 5.97 Å². The number of hydrogen-bond acceptors (Lipinski definition) is 9. The quantitative estimate of drug-likeness (QED) is 0.221. The molecule has 3 unspecified atom stereocenters. The summed E-state index contributed by atoms with van der Waals surface area (Å²) in [7, 11) is 2.71. The highest BCUT2D eigenvalue weighted by Crippen LogP contribution is 2.26. The van der Waals surface area contributed by atoms with E-state index in [-0.39, 0.29) is 18.1 Å². The molecule has 11 heteroatoms. The summed E-state index contributed by atoms with van der Waals surface area (Å²) in [6.45, 7) is -0.201. The summed E-state index contributed by atoms with van der Waals surface area (Å²) in [5.74, 6) is -2.12. The highest BCUT2D eigenvalue weighted by Gasteiger charge is 2.46. The highest BCUT2D eigenvalue weighted by molar-refractivity contribution is 5.97. The molecule has 0 aliphatic carbocycles. The zero-order chi connectivity index (χ0) is 25.8. The number of aromatic hydroxyl groups is 1. The Morgan fingerprint density at radius 2 is 1.80 bits per heavy atom. The van der Waals surface area contributed by atoms with Crippen LogP contribution in [0.2, 0.25) is 0 Å². The summed E-state index contributed by atoms with van der Waals surface area (Å²) in [6.07, 6.45) is 1.32. The van der Waals surface area contributed by atoms with E-state index in [1.54, 1.807) is 0 Å². The zero-order valence-corrected chi connectivity index (χ0v) is 20.2. The molecular formula is C24H36FNO9. The molecule has 1 aromatic rings. The average Bonchev–Trinajstić information content (AvgIpc) is 2.85. The number of hydrogen-bond donors (Lipinski definition) is 4. The van der Waals surface area contributed by atoms with Crippen LogP contribution in [-0.2, 0) is 23.7 Å². The van der Waals surface area contributed by atoms with Gasteiger partial charge in [0.05, 0.1) is 19.3 Å². The predicted molar refractivity (Wildman–Crippen MR) is 122 cm³/mol. The summed E-state index contributed by atoms with van der Waals surface area (Å²) in [5.41, 5.74) is -0.287. The van der Waals surface area contributed by atoms with Crippen molar-refractivity contribution in [1.82, 2.24) is 5.32 Å². The van der Waals surface area contributed by atoms with Gasteiger partial charge in [-0.15, -0.1) is 0 Å². The van der Waals surface area contributed by atoms with Crippen molar-refractivity contribution in [2.75, 3.05) is 27.4 Å². The molecule has 1 saturated heterocycles. The third kappa shape index (κ3) is 8.69. The van der Waals surface area contributed by atoms with Crippen LogP contribution in [0, 0.1) is 5.82 Å². The Labute approximate surface area is 204 Å². The third-order valence-electron chi connectivity index (χ3n) is 5.91. The van der Waals surface area contributed by atoms with Crippen molar-refractivity contribution in [3.05, 3.63) is 29.6 Å². The molecule has 1 aromatic carbocycles. The van der Waals surface area contributed by atoms with E-state index in [1.807, 2.05) is 0 Å². The minimum atomic E-state index is -1.26. The maximum Gasteiger partial charge on any atom is 0.305 e. The fourth-order valence-electron chi connectivity index (χ4n) is 3.95. The van der Waals surface area contributed by atoms with Crippen LogP contribution in [0.5, 0.6) is 5.75 Å². The first-order valence-corrected chi connectivity index (χ1v) is 11.8. The summed E-state index contributed by atoms with van der Waals surface area (Å²) >= 11 is 0. The van der Waals surface area contributed by atoms with E-state index in [9.17, 15) is 29.3 Å². The topological polar surface area (TPSA) is 144 Å². The van der Waals surface area contributed by atoms with Crippen molar-refractivity contribution in [3.8, 4) is 5.75 Å². The Morgan fingerprint density at radius 3 is 2.46 bits per heavy atom. The van der Waals surface area contributed by atoms with Crippen LogP contribution in [0.3, 0.4) is 0 Å². The lowest BCUT2D eigenvalue weighted by Gasteiger charge is -2.43. The largest absolute Gasteiger partial charge is 0.507 e. The number of rotatable bonds is 14. The van der Waals surface area contributed by atoms with E-state index < -0.39 is 54.7 Å². The number of phenols is 1. The molecule has 1 amide bonds. The van der Waals surface area contributed by atoms with Crippen LogP contribution < -0.4 is 5.32 Å². The molecule has 10 nitrogen and oxygen atoms in total. The Kier molecular flexibility index (Phi) is 12.4. The lowest BCUT2D eigenvalue weighted by molar-refractivity contribution is -0.273. The molecule has 198 valence electrons. The molecule has 35 heavy (non-hydrogen) atoms. The lowest BCUT2D eigenvalue weighted by Crippen LogP contribution is -2.65. The maximum atomic E-state index is 13.6. The average molecular weight is 502 g/mol. The standard InChI is InChI=1S/C24H36FNO9/c1-32-19(29)9-7-5-3-4-6-8-12-34-24-20(22(33-2)21(30)18(14-27)35-24)26-23(31)16-13-15(25)10-11-17(16)28/h10-11,13,18,20-22,24,27-28,30H,3-9,12,14H2,1-2H3,(H,26,31)/t18?,20?,21-,22?,24+/m0/s1. The molecule has 1 heterocycles. The van der Waals surface area contributed by atoms with Gasteiger partial charge in [-0.25, -0.2) is 4.39 Å². The number of ether oxygens (including phenoxy) is 4. The number of phenolic OH excluding ortho intramolecular Hbond substituents is 1. The molecule has 0 radical (unpaired) electrons. The van der Waals surface area contributed by atoms with Crippen LogP contribution >= 0.6 is 0 Å². The van der Waals surface area contributed by atoms with Gasteiger partial charge in [-0.3, -0.25) is 9.59 Å². The van der Waals surface area contributed by atoms with Crippen molar-refractivity contribution in [2.45, 2.75) is 75.6 Å². The van der Waals surface area contributed by atoms with Crippen molar-refractivity contribution in [1.29, 1.82) is 0 Å².